The maximum absolute atomic E-state index is 12.8. The number of hydrogen-bond donors (Lipinski definition) is 3. The van der Waals surface area contributed by atoms with Crippen LogP contribution in [0.25, 0.3) is 33.2 Å². The zero-order valence-corrected chi connectivity index (χ0v) is 20.6. The van der Waals surface area contributed by atoms with Gasteiger partial charge in [0, 0.05) is 40.2 Å². The predicted octanol–water partition coefficient (Wildman–Crippen LogP) is 5.19. The lowest BCUT2D eigenvalue weighted by Crippen LogP contribution is -2.12. The number of carbonyl (C=O) groups is 2. The van der Waals surface area contributed by atoms with Crippen molar-refractivity contribution in [2.75, 3.05) is 16.4 Å². The summed E-state index contributed by atoms with van der Waals surface area (Å²) in [5.74, 6) is -0.379. The van der Waals surface area contributed by atoms with E-state index >= 15 is 0 Å². The van der Waals surface area contributed by atoms with Crippen molar-refractivity contribution in [2.24, 2.45) is 0 Å². The summed E-state index contributed by atoms with van der Waals surface area (Å²) in [6, 6.07) is 21.4. The fourth-order valence-corrected chi connectivity index (χ4v) is 4.15. The van der Waals surface area contributed by atoms with Gasteiger partial charge in [0.15, 0.2) is 0 Å². The monoisotopic (exact) mass is 511 g/mol. The molecule has 0 saturated carbocycles. The van der Waals surface area contributed by atoms with Gasteiger partial charge in [-0.25, -0.2) is 15.0 Å². The maximum Gasteiger partial charge on any atom is 0.256 e. The third kappa shape index (κ3) is 5.16. The number of nitrogens with two attached hydrogens (primary N) is 1. The molecular formula is C30H21N7O2. The Morgan fingerprint density at radius 1 is 0.949 bits per heavy atom. The molecule has 2 aromatic heterocycles. The van der Waals surface area contributed by atoms with Gasteiger partial charge in [-0.1, -0.05) is 30.8 Å². The van der Waals surface area contributed by atoms with Crippen LogP contribution in [0.4, 0.5) is 17.2 Å². The summed E-state index contributed by atoms with van der Waals surface area (Å²) in [7, 11) is 0. The first kappa shape index (κ1) is 24.8. The molecule has 4 N–H and O–H groups in total. The molecule has 0 aliphatic rings. The van der Waals surface area contributed by atoms with E-state index in [4.69, 9.17) is 11.0 Å². The highest BCUT2D eigenvalue weighted by molar-refractivity contribution is 6.08. The molecule has 0 spiro atoms. The third-order valence-electron chi connectivity index (χ3n) is 6.05. The number of rotatable bonds is 6. The van der Waals surface area contributed by atoms with Gasteiger partial charge in [0.25, 0.3) is 5.91 Å². The molecule has 2 amide bonds. The van der Waals surface area contributed by atoms with E-state index in [1.54, 1.807) is 42.6 Å². The molecule has 0 fully saturated rings. The Kier molecular flexibility index (Phi) is 6.75. The summed E-state index contributed by atoms with van der Waals surface area (Å²) in [5.41, 5.74) is 12.3. The number of nitrogens with one attached hydrogen (secondary N) is 2. The first-order valence-corrected chi connectivity index (χ1v) is 11.8. The Morgan fingerprint density at radius 3 is 2.54 bits per heavy atom. The standard InChI is InChI=1S/C30H21N7O2/c1-2-27(38)36-22-5-3-4-21(13-22)24-14-23(28(32)25-16-33-17-35-29(24)25)19-6-8-20(9-7-19)30(39)37-26-12-18(15-31)10-11-34-26/h2-14,16-17H,1,32H2,(H,36,38)(H,34,37,39). The largest absolute Gasteiger partial charge is 0.398 e. The first-order valence-electron chi connectivity index (χ1n) is 11.8. The Labute approximate surface area is 223 Å². The Bertz CT molecular complexity index is 1790. The SMILES string of the molecule is C=CC(=O)Nc1cccc(-c2cc(-c3ccc(C(=O)Nc4cc(C#N)ccn4)cc3)c(N)c3cncnc23)c1. The van der Waals surface area contributed by atoms with Crippen LogP contribution in [0.1, 0.15) is 15.9 Å². The molecule has 188 valence electrons. The molecule has 0 aliphatic carbocycles. The molecule has 9 heteroatoms. The van der Waals surface area contributed by atoms with Crippen molar-refractivity contribution in [2.45, 2.75) is 0 Å². The van der Waals surface area contributed by atoms with E-state index in [0.717, 1.165) is 22.3 Å². The summed E-state index contributed by atoms with van der Waals surface area (Å²) >= 11 is 0. The Morgan fingerprint density at radius 2 is 1.77 bits per heavy atom. The molecule has 5 rings (SSSR count). The van der Waals surface area contributed by atoms with E-state index in [-0.39, 0.29) is 17.6 Å². The number of benzene rings is 3. The van der Waals surface area contributed by atoms with E-state index < -0.39 is 0 Å². The number of hydrogen-bond acceptors (Lipinski definition) is 7. The molecular weight excluding hydrogens is 490 g/mol. The van der Waals surface area contributed by atoms with Crippen molar-refractivity contribution in [3.63, 3.8) is 0 Å². The van der Waals surface area contributed by atoms with Crippen LogP contribution in [0.5, 0.6) is 0 Å². The normalized spacial score (nSPS) is 10.4. The number of nitriles is 1. The fraction of sp³-hybridized carbons (Fsp3) is 0. The summed E-state index contributed by atoms with van der Waals surface area (Å²) in [6.07, 6.45) is 5.80. The van der Waals surface area contributed by atoms with E-state index in [1.807, 2.05) is 30.3 Å². The van der Waals surface area contributed by atoms with Crippen LogP contribution in [0.15, 0.2) is 98.1 Å². The lowest BCUT2D eigenvalue weighted by molar-refractivity contribution is -0.111. The van der Waals surface area contributed by atoms with Crippen LogP contribution < -0.4 is 16.4 Å². The van der Waals surface area contributed by atoms with Crippen molar-refractivity contribution in [3.8, 4) is 28.3 Å². The third-order valence-corrected chi connectivity index (χ3v) is 6.05. The van der Waals surface area contributed by atoms with Gasteiger partial charge < -0.3 is 16.4 Å². The summed E-state index contributed by atoms with van der Waals surface area (Å²) in [6.45, 7) is 3.50. The van der Waals surface area contributed by atoms with Crippen LogP contribution in [0, 0.1) is 11.3 Å². The van der Waals surface area contributed by atoms with Gasteiger partial charge in [-0.05, 0) is 59.7 Å². The topological polar surface area (TPSA) is 147 Å². The second-order valence-electron chi connectivity index (χ2n) is 8.52. The minimum Gasteiger partial charge on any atom is -0.398 e. The van der Waals surface area contributed by atoms with Gasteiger partial charge in [-0.2, -0.15) is 5.26 Å². The van der Waals surface area contributed by atoms with Gasteiger partial charge in [-0.3, -0.25) is 9.59 Å². The smallest absolute Gasteiger partial charge is 0.256 e. The number of carbonyl (C=O) groups excluding carboxylic acids is 2. The van der Waals surface area contributed by atoms with Gasteiger partial charge in [0.1, 0.15) is 12.1 Å². The molecule has 2 heterocycles. The maximum atomic E-state index is 12.8. The molecule has 39 heavy (non-hydrogen) atoms. The average Bonchev–Trinajstić information content (AvgIpc) is 2.97. The van der Waals surface area contributed by atoms with Crippen molar-refractivity contribution >= 4 is 39.9 Å². The van der Waals surface area contributed by atoms with Gasteiger partial charge in [0.05, 0.1) is 22.8 Å². The van der Waals surface area contributed by atoms with Crippen molar-refractivity contribution in [1.82, 2.24) is 15.0 Å². The molecule has 0 atom stereocenters. The van der Waals surface area contributed by atoms with E-state index in [0.29, 0.717) is 33.4 Å². The molecule has 5 aromatic rings. The van der Waals surface area contributed by atoms with Crippen LogP contribution >= 0.6 is 0 Å². The van der Waals surface area contributed by atoms with Gasteiger partial charge in [0.2, 0.25) is 5.91 Å². The Hall–Kier alpha value is -5.88. The van der Waals surface area contributed by atoms with Crippen LogP contribution in [-0.4, -0.2) is 26.8 Å². The van der Waals surface area contributed by atoms with E-state index in [2.05, 4.69) is 32.2 Å². The van der Waals surface area contributed by atoms with Crippen LogP contribution in [0.2, 0.25) is 0 Å². The predicted molar refractivity (Wildman–Crippen MR) is 151 cm³/mol. The van der Waals surface area contributed by atoms with E-state index in [1.165, 1.54) is 24.7 Å². The van der Waals surface area contributed by atoms with E-state index in [9.17, 15) is 9.59 Å². The highest BCUT2D eigenvalue weighted by Gasteiger charge is 2.16. The van der Waals surface area contributed by atoms with Crippen molar-refractivity contribution < 1.29 is 9.59 Å². The first-order chi connectivity index (χ1) is 19.0. The minimum absolute atomic E-state index is 0.290. The lowest BCUT2D eigenvalue weighted by Gasteiger charge is -2.15. The number of anilines is 3. The summed E-state index contributed by atoms with van der Waals surface area (Å²) in [5, 5.41) is 15.2. The second-order valence-corrected chi connectivity index (χ2v) is 8.52. The zero-order chi connectivity index (χ0) is 27.4. The molecule has 9 nitrogen and oxygen atoms in total. The number of nitrogens with zero attached hydrogens (tertiary/aromatic N) is 4. The Balaban J connectivity index is 1.52. The zero-order valence-electron chi connectivity index (χ0n) is 20.6. The highest BCUT2D eigenvalue weighted by atomic mass is 16.2. The summed E-state index contributed by atoms with van der Waals surface area (Å²) < 4.78 is 0. The lowest BCUT2D eigenvalue weighted by atomic mass is 9.93. The van der Waals surface area contributed by atoms with Crippen LogP contribution in [0.3, 0.4) is 0 Å². The number of pyridine rings is 1. The quantitative estimate of drug-likeness (QED) is 0.210. The highest BCUT2D eigenvalue weighted by Crippen LogP contribution is 2.39. The summed E-state index contributed by atoms with van der Waals surface area (Å²) in [4.78, 5) is 37.3. The number of fused-ring (bicyclic) bond motifs is 1. The van der Waals surface area contributed by atoms with Crippen molar-refractivity contribution in [3.05, 3.63) is 109 Å². The van der Waals surface area contributed by atoms with Gasteiger partial charge in [-0.15, -0.1) is 0 Å². The average molecular weight is 512 g/mol. The molecule has 0 radical (unpaired) electrons. The number of aromatic nitrogens is 3. The van der Waals surface area contributed by atoms with Crippen molar-refractivity contribution in [1.29, 1.82) is 5.26 Å². The molecule has 3 aromatic carbocycles. The molecule has 0 aliphatic heterocycles. The molecule has 0 bridgehead atoms. The number of nitrogen functional groups attached to an aromatic ring is 1. The minimum atomic E-state index is -0.358. The molecule has 0 saturated heterocycles. The van der Waals surface area contributed by atoms with Crippen LogP contribution in [-0.2, 0) is 4.79 Å². The fourth-order valence-electron chi connectivity index (χ4n) is 4.15. The van der Waals surface area contributed by atoms with Gasteiger partial charge >= 0.3 is 0 Å². The number of amides is 2. The second kappa shape index (κ2) is 10.6. The molecule has 0 unspecified atom stereocenters.